The Morgan fingerprint density at radius 3 is 2.69 bits per heavy atom. The van der Waals surface area contributed by atoms with E-state index in [4.69, 9.17) is 4.74 Å². The molecule has 3 heterocycles. The van der Waals surface area contributed by atoms with E-state index in [0.29, 0.717) is 11.4 Å². The van der Waals surface area contributed by atoms with Crippen molar-refractivity contribution in [3.63, 3.8) is 0 Å². The van der Waals surface area contributed by atoms with Crippen LogP contribution in [0.25, 0.3) is 16.9 Å². The van der Waals surface area contributed by atoms with Crippen LogP contribution in [0.5, 0.6) is 5.75 Å². The number of fused-ring (bicyclic) bond motifs is 1. The fourth-order valence-electron chi connectivity index (χ4n) is 3.71. The lowest BCUT2D eigenvalue weighted by molar-refractivity contribution is 0.294. The summed E-state index contributed by atoms with van der Waals surface area (Å²) in [6.45, 7) is 4.43. The third-order valence-electron chi connectivity index (χ3n) is 5.24. The van der Waals surface area contributed by atoms with Gasteiger partial charge in [0.25, 0.3) is 0 Å². The summed E-state index contributed by atoms with van der Waals surface area (Å²) in [4.78, 5) is 8.68. The molecule has 0 unspecified atom stereocenters. The molecule has 166 valence electrons. The molecular weight excluding hydrogens is 412 g/mol. The van der Waals surface area contributed by atoms with Gasteiger partial charge in [-0.15, -0.1) is 0 Å². The summed E-state index contributed by atoms with van der Waals surface area (Å²) in [6, 6.07) is 5.60. The molecule has 32 heavy (non-hydrogen) atoms. The number of aliphatic imine (C=N–C) groups is 1. The maximum absolute atomic E-state index is 14.0. The van der Waals surface area contributed by atoms with E-state index < -0.39 is 11.6 Å². The van der Waals surface area contributed by atoms with E-state index >= 15 is 0 Å². The van der Waals surface area contributed by atoms with E-state index in [0.717, 1.165) is 41.9 Å². The Balaban J connectivity index is 1.64. The normalized spacial score (nSPS) is 11.7. The van der Waals surface area contributed by atoms with Crippen LogP contribution < -0.4 is 4.74 Å². The summed E-state index contributed by atoms with van der Waals surface area (Å²) in [7, 11) is 1.77. The molecule has 0 fully saturated rings. The zero-order valence-corrected chi connectivity index (χ0v) is 18.3. The van der Waals surface area contributed by atoms with Crippen molar-refractivity contribution in [2.24, 2.45) is 4.99 Å². The predicted molar refractivity (Wildman–Crippen MR) is 120 cm³/mol. The molecule has 1 aromatic carbocycles. The van der Waals surface area contributed by atoms with E-state index in [1.54, 1.807) is 7.05 Å². The van der Waals surface area contributed by atoms with Crippen LogP contribution in [0.15, 0.2) is 47.8 Å². The van der Waals surface area contributed by atoms with Crippen molar-refractivity contribution in [3.05, 3.63) is 71.3 Å². The molecule has 3 aromatic heterocycles. The average Bonchev–Trinajstić information content (AvgIpc) is 3.34. The Morgan fingerprint density at radius 1 is 1.16 bits per heavy atom. The van der Waals surface area contributed by atoms with Crippen molar-refractivity contribution >= 4 is 11.9 Å². The molecule has 0 spiro atoms. The number of imidazole rings is 1. The smallest absolute Gasteiger partial charge is 0.180 e. The number of rotatable bonds is 8. The number of ether oxygens (including phenoxy) is 1. The van der Waals surface area contributed by atoms with Crippen molar-refractivity contribution in [1.29, 1.82) is 0 Å². The van der Waals surface area contributed by atoms with E-state index in [-0.39, 0.29) is 12.2 Å². The molecule has 0 saturated carbocycles. The Bertz CT molecular complexity index is 1250. The van der Waals surface area contributed by atoms with Crippen molar-refractivity contribution < 1.29 is 13.5 Å². The van der Waals surface area contributed by atoms with Gasteiger partial charge >= 0.3 is 0 Å². The molecule has 0 radical (unpaired) electrons. The number of unbranched alkanes of at least 4 members (excludes halogenated alkanes) is 1. The predicted octanol–water partition coefficient (Wildman–Crippen LogP) is 5.15. The number of aromatic nitrogens is 4. The van der Waals surface area contributed by atoms with Gasteiger partial charge in [0, 0.05) is 31.5 Å². The Hall–Kier alpha value is -3.55. The van der Waals surface area contributed by atoms with Gasteiger partial charge in [-0.3, -0.25) is 9.08 Å². The Labute approximate surface area is 185 Å². The molecule has 4 aromatic rings. The maximum Gasteiger partial charge on any atom is 0.180 e. The minimum atomic E-state index is -0.633. The summed E-state index contributed by atoms with van der Waals surface area (Å²) in [5.74, 6) is -0.800. The van der Waals surface area contributed by atoms with E-state index in [1.807, 2.05) is 53.8 Å². The SMILES string of the molecule is C/N=C/CCCn1cc(-c2c(C)nc3c(OCc4c(F)cccc4F)cc(C)cn23)cn1. The van der Waals surface area contributed by atoms with Gasteiger partial charge in [-0.25, -0.2) is 13.8 Å². The number of benzene rings is 1. The second-order valence-corrected chi connectivity index (χ2v) is 7.69. The second kappa shape index (κ2) is 9.30. The van der Waals surface area contributed by atoms with Crippen LogP contribution in [0.1, 0.15) is 29.7 Å². The van der Waals surface area contributed by atoms with Crippen LogP contribution in [0.4, 0.5) is 8.78 Å². The Morgan fingerprint density at radius 2 is 1.94 bits per heavy atom. The standard InChI is InChI=1S/C24H25F2N5O/c1-16-11-22(32-15-19-20(25)7-6-8-21(19)26)24-29-17(2)23(31(24)13-16)18-12-28-30(14-18)10-5-4-9-27-3/h6-9,11-14H,4-5,10,15H2,1-3H3/b27-9+. The number of nitrogens with zero attached hydrogens (tertiary/aromatic N) is 5. The molecular formula is C24H25F2N5O. The summed E-state index contributed by atoms with van der Waals surface area (Å²) in [5, 5.41) is 4.47. The van der Waals surface area contributed by atoms with Crippen LogP contribution in [-0.2, 0) is 13.2 Å². The zero-order valence-electron chi connectivity index (χ0n) is 18.3. The second-order valence-electron chi connectivity index (χ2n) is 7.69. The van der Waals surface area contributed by atoms with Gasteiger partial charge in [0.05, 0.1) is 23.1 Å². The first-order valence-corrected chi connectivity index (χ1v) is 10.5. The lowest BCUT2D eigenvalue weighted by Crippen LogP contribution is -2.03. The molecule has 8 heteroatoms. The van der Waals surface area contributed by atoms with Gasteiger partial charge in [-0.2, -0.15) is 5.10 Å². The van der Waals surface area contributed by atoms with Crippen molar-refractivity contribution in [2.75, 3.05) is 7.05 Å². The first-order chi connectivity index (χ1) is 15.5. The van der Waals surface area contributed by atoms with Crippen LogP contribution in [0.3, 0.4) is 0 Å². The highest BCUT2D eigenvalue weighted by Crippen LogP contribution is 2.30. The maximum atomic E-state index is 14.0. The lowest BCUT2D eigenvalue weighted by Gasteiger charge is -2.11. The fraction of sp³-hybridized carbons (Fsp3) is 0.292. The highest BCUT2D eigenvalue weighted by atomic mass is 19.1. The first-order valence-electron chi connectivity index (χ1n) is 10.5. The minimum absolute atomic E-state index is 0.106. The summed E-state index contributed by atoms with van der Waals surface area (Å²) in [6.07, 6.45) is 9.54. The molecule has 0 amide bonds. The van der Waals surface area contributed by atoms with Crippen LogP contribution in [0, 0.1) is 25.5 Å². The minimum Gasteiger partial charge on any atom is -0.485 e. The van der Waals surface area contributed by atoms with Crippen molar-refractivity contribution in [1.82, 2.24) is 19.2 Å². The van der Waals surface area contributed by atoms with Crippen LogP contribution in [0.2, 0.25) is 0 Å². The monoisotopic (exact) mass is 437 g/mol. The molecule has 0 atom stereocenters. The Kier molecular flexibility index (Phi) is 6.30. The fourth-order valence-corrected chi connectivity index (χ4v) is 3.71. The van der Waals surface area contributed by atoms with Gasteiger partial charge in [0.1, 0.15) is 18.2 Å². The van der Waals surface area contributed by atoms with E-state index in [1.165, 1.54) is 18.2 Å². The van der Waals surface area contributed by atoms with Crippen LogP contribution in [-0.4, -0.2) is 32.4 Å². The molecule has 0 aliphatic carbocycles. The molecule has 0 bridgehead atoms. The molecule has 0 aliphatic rings. The molecule has 0 saturated heterocycles. The first kappa shape index (κ1) is 21.7. The number of aryl methyl sites for hydroxylation is 3. The van der Waals surface area contributed by atoms with Gasteiger partial charge in [-0.05, 0) is 56.7 Å². The van der Waals surface area contributed by atoms with E-state index in [9.17, 15) is 8.78 Å². The van der Waals surface area contributed by atoms with Crippen LogP contribution >= 0.6 is 0 Å². The van der Waals surface area contributed by atoms with Gasteiger partial charge in [-0.1, -0.05) is 6.07 Å². The molecule has 0 aliphatic heterocycles. The summed E-state index contributed by atoms with van der Waals surface area (Å²) < 4.78 is 37.7. The molecule has 0 N–H and O–H groups in total. The van der Waals surface area contributed by atoms with Crippen molar-refractivity contribution in [2.45, 2.75) is 39.8 Å². The van der Waals surface area contributed by atoms with E-state index in [2.05, 4.69) is 15.1 Å². The molecule has 4 rings (SSSR count). The third-order valence-corrected chi connectivity index (χ3v) is 5.24. The van der Waals surface area contributed by atoms with Gasteiger partial charge in [0.15, 0.2) is 11.4 Å². The summed E-state index contributed by atoms with van der Waals surface area (Å²) >= 11 is 0. The zero-order chi connectivity index (χ0) is 22.7. The topological polar surface area (TPSA) is 56.7 Å². The van der Waals surface area contributed by atoms with Gasteiger partial charge in [0.2, 0.25) is 0 Å². The number of pyridine rings is 1. The number of halogens is 2. The molecule has 6 nitrogen and oxygen atoms in total. The lowest BCUT2D eigenvalue weighted by atomic mass is 10.2. The van der Waals surface area contributed by atoms with Crippen molar-refractivity contribution in [3.8, 4) is 17.0 Å². The largest absolute Gasteiger partial charge is 0.485 e. The van der Waals surface area contributed by atoms with Gasteiger partial charge < -0.3 is 9.73 Å². The number of hydrogen-bond donors (Lipinski definition) is 0. The average molecular weight is 437 g/mol. The summed E-state index contributed by atoms with van der Waals surface area (Å²) in [5.41, 5.74) is 4.08. The third kappa shape index (κ3) is 4.39. The highest BCUT2D eigenvalue weighted by Gasteiger charge is 2.18. The highest BCUT2D eigenvalue weighted by molar-refractivity contribution is 5.69. The number of hydrogen-bond acceptors (Lipinski definition) is 4. The quantitative estimate of drug-likeness (QED) is 0.283.